The van der Waals surface area contributed by atoms with E-state index < -0.39 is 55.0 Å². The van der Waals surface area contributed by atoms with Gasteiger partial charge in [-0.1, -0.05) is 12.2 Å². The first-order valence-corrected chi connectivity index (χ1v) is 7.24. The molecule has 9 heteroatoms. The maximum absolute atomic E-state index is 13.5. The number of hydrogen-bond acceptors (Lipinski definition) is 3. The monoisotopic (exact) mass is 346 g/mol. The predicted octanol–water partition coefficient (Wildman–Crippen LogP) is 2.49. The molecule has 3 nitrogen and oxygen atoms in total. The molecule has 0 saturated heterocycles. The standard InChI is InChI=1S/C14H16F6O3/c15-13(16,17)12(4-23-5-21,14(18,19)20)10-8-6-1-2-7(3-6)9(8)11(10)22/h1-2,6-11,21-22H,3-5H2. The van der Waals surface area contributed by atoms with Gasteiger partial charge in [0, 0.05) is 5.92 Å². The highest BCUT2D eigenvalue weighted by Gasteiger charge is 2.81. The van der Waals surface area contributed by atoms with E-state index in [9.17, 15) is 31.4 Å². The fraction of sp³-hybridized carbons (Fsp3) is 0.857. The molecule has 132 valence electrons. The van der Waals surface area contributed by atoms with Gasteiger partial charge >= 0.3 is 12.4 Å². The molecular weight excluding hydrogens is 330 g/mol. The molecule has 0 heterocycles. The highest BCUT2D eigenvalue weighted by molar-refractivity contribution is 5.25. The molecule has 2 bridgehead atoms. The molecule has 0 aliphatic heterocycles. The number of halogens is 6. The van der Waals surface area contributed by atoms with Crippen molar-refractivity contribution in [2.24, 2.45) is 35.0 Å². The Labute approximate surface area is 127 Å². The van der Waals surface area contributed by atoms with Crippen LogP contribution in [0.2, 0.25) is 0 Å². The number of allylic oxidation sites excluding steroid dienone is 2. The van der Waals surface area contributed by atoms with Crippen LogP contribution in [0.4, 0.5) is 26.3 Å². The van der Waals surface area contributed by atoms with Gasteiger partial charge in [0.25, 0.3) is 0 Å². The van der Waals surface area contributed by atoms with Crippen LogP contribution < -0.4 is 0 Å². The quantitative estimate of drug-likeness (QED) is 0.467. The van der Waals surface area contributed by atoms with Gasteiger partial charge in [-0.3, -0.25) is 0 Å². The summed E-state index contributed by atoms with van der Waals surface area (Å²) < 4.78 is 85.3. The third-order valence-corrected chi connectivity index (χ3v) is 5.76. The van der Waals surface area contributed by atoms with Gasteiger partial charge in [-0.25, -0.2) is 0 Å². The number of rotatable bonds is 4. The van der Waals surface area contributed by atoms with Crippen molar-refractivity contribution in [3.63, 3.8) is 0 Å². The molecule has 3 aliphatic carbocycles. The Kier molecular flexibility index (Phi) is 3.77. The Balaban J connectivity index is 2.03. The molecule has 0 aromatic rings. The highest BCUT2D eigenvalue weighted by Crippen LogP contribution is 2.70. The molecule has 2 N–H and O–H groups in total. The topological polar surface area (TPSA) is 49.7 Å². The zero-order valence-electron chi connectivity index (χ0n) is 11.8. The molecule has 23 heavy (non-hydrogen) atoms. The summed E-state index contributed by atoms with van der Waals surface area (Å²) in [6, 6.07) is 0. The molecule has 0 radical (unpaired) electrons. The van der Waals surface area contributed by atoms with Crippen molar-refractivity contribution in [2.75, 3.05) is 13.4 Å². The lowest BCUT2D eigenvalue weighted by Gasteiger charge is -2.58. The fourth-order valence-corrected chi connectivity index (χ4v) is 4.83. The van der Waals surface area contributed by atoms with Gasteiger partial charge in [-0.05, 0) is 30.1 Å². The third kappa shape index (κ3) is 2.09. The second-order valence-electron chi connectivity index (χ2n) is 6.56. The van der Waals surface area contributed by atoms with E-state index in [4.69, 9.17) is 5.11 Å². The van der Waals surface area contributed by atoms with Gasteiger partial charge in [-0.15, -0.1) is 0 Å². The summed E-state index contributed by atoms with van der Waals surface area (Å²) in [6.07, 6.45) is -9.10. The van der Waals surface area contributed by atoms with Gasteiger partial charge in [0.05, 0.1) is 12.7 Å². The molecule has 2 saturated carbocycles. The van der Waals surface area contributed by atoms with Crippen LogP contribution >= 0.6 is 0 Å². The second-order valence-corrected chi connectivity index (χ2v) is 6.56. The molecule has 0 amide bonds. The predicted molar refractivity (Wildman–Crippen MR) is 64.8 cm³/mol. The highest BCUT2D eigenvalue weighted by atomic mass is 19.4. The maximum atomic E-state index is 13.5. The van der Waals surface area contributed by atoms with Crippen molar-refractivity contribution < 1.29 is 41.3 Å². The van der Waals surface area contributed by atoms with Gasteiger partial charge in [0.2, 0.25) is 0 Å². The van der Waals surface area contributed by atoms with Crippen molar-refractivity contribution >= 4 is 0 Å². The largest absolute Gasteiger partial charge is 0.405 e. The summed E-state index contributed by atoms with van der Waals surface area (Å²) in [7, 11) is 0. The lowest BCUT2D eigenvalue weighted by Crippen LogP contribution is -2.69. The Morgan fingerprint density at radius 2 is 1.48 bits per heavy atom. The SMILES string of the molecule is OCOCC(C1C(O)C2C3C=CC(C3)C21)(C(F)(F)F)C(F)(F)F. The van der Waals surface area contributed by atoms with Crippen molar-refractivity contribution in [1.82, 2.24) is 0 Å². The van der Waals surface area contributed by atoms with E-state index in [1.807, 2.05) is 0 Å². The second kappa shape index (κ2) is 5.10. The summed E-state index contributed by atoms with van der Waals surface area (Å²) in [5.74, 6) is -3.98. The number of aliphatic hydroxyl groups is 2. The number of aliphatic hydroxyl groups excluding tert-OH is 2. The average Bonchev–Trinajstić information content (AvgIpc) is 2.97. The molecular formula is C14H16F6O3. The van der Waals surface area contributed by atoms with Crippen LogP contribution in [0.5, 0.6) is 0 Å². The van der Waals surface area contributed by atoms with Crippen LogP contribution in [0.25, 0.3) is 0 Å². The van der Waals surface area contributed by atoms with Crippen molar-refractivity contribution in [3.05, 3.63) is 12.2 Å². The minimum absolute atomic E-state index is 0.158. The van der Waals surface area contributed by atoms with Gasteiger partial charge in [0.15, 0.2) is 5.41 Å². The lowest BCUT2D eigenvalue weighted by molar-refractivity contribution is -0.401. The Morgan fingerprint density at radius 1 is 0.957 bits per heavy atom. The van der Waals surface area contributed by atoms with Crippen molar-refractivity contribution in [3.8, 4) is 0 Å². The summed E-state index contributed by atoms with van der Waals surface area (Å²) in [5, 5.41) is 18.7. The Bertz CT molecular complexity index is 486. The Hall–Kier alpha value is -0.800. The molecule has 3 rings (SSSR count). The van der Waals surface area contributed by atoms with Crippen LogP contribution in [0.3, 0.4) is 0 Å². The van der Waals surface area contributed by atoms with Crippen LogP contribution in [0.1, 0.15) is 6.42 Å². The first kappa shape index (κ1) is 17.0. The van der Waals surface area contributed by atoms with E-state index in [0.717, 1.165) is 0 Å². The molecule has 3 aliphatic rings. The maximum Gasteiger partial charge on any atom is 0.405 e. The van der Waals surface area contributed by atoms with Gasteiger partial charge < -0.3 is 14.9 Å². The lowest BCUT2D eigenvalue weighted by atomic mass is 9.49. The average molecular weight is 346 g/mol. The van der Waals surface area contributed by atoms with Gasteiger partial charge in [0.1, 0.15) is 6.79 Å². The first-order chi connectivity index (χ1) is 10.6. The van der Waals surface area contributed by atoms with Gasteiger partial charge in [-0.2, -0.15) is 26.3 Å². The van der Waals surface area contributed by atoms with E-state index in [1.54, 1.807) is 12.2 Å². The number of ether oxygens (including phenoxy) is 1. The summed E-state index contributed by atoms with van der Waals surface area (Å²) >= 11 is 0. The minimum Gasteiger partial charge on any atom is -0.392 e. The van der Waals surface area contributed by atoms with Crippen LogP contribution in [0, 0.1) is 35.0 Å². The molecule has 6 unspecified atom stereocenters. The van der Waals surface area contributed by atoms with Crippen LogP contribution in [0.15, 0.2) is 12.2 Å². The molecule has 6 atom stereocenters. The fourth-order valence-electron chi connectivity index (χ4n) is 4.83. The summed E-state index contributed by atoms with van der Waals surface area (Å²) in [6.45, 7) is -3.00. The van der Waals surface area contributed by atoms with Crippen molar-refractivity contribution in [1.29, 1.82) is 0 Å². The summed E-state index contributed by atoms with van der Waals surface area (Å²) in [4.78, 5) is 0. The van der Waals surface area contributed by atoms with E-state index in [0.29, 0.717) is 6.42 Å². The zero-order valence-corrected chi connectivity index (χ0v) is 11.8. The van der Waals surface area contributed by atoms with E-state index in [2.05, 4.69) is 4.74 Å². The summed E-state index contributed by atoms with van der Waals surface area (Å²) in [5.41, 5.74) is -4.18. The molecule has 2 fully saturated rings. The zero-order chi connectivity index (χ0) is 17.2. The third-order valence-electron chi connectivity index (χ3n) is 5.76. The van der Waals surface area contributed by atoms with E-state index in [-0.39, 0.29) is 11.8 Å². The normalized spacial score (nSPS) is 39.5. The van der Waals surface area contributed by atoms with E-state index in [1.165, 1.54) is 0 Å². The Morgan fingerprint density at radius 3 is 1.96 bits per heavy atom. The smallest absolute Gasteiger partial charge is 0.392 e. The number of fused-ring (bicyclic) bond motifs is 5. The molecule has 0 spiro atoms. The molecule has 0 aromatic carbocycles. The first-order valence-electron chi connectivity index (χ1n) is 7.24. The number of alkyl halides is 6. The minimum atomic E-state index is -5.65. The molecule has 0 aromatic heterocycles. The van der Waals surface area contributed by atoms with Crippen LogP contribution in [-0.4, -0.2) is 42.1 Å². The van der Waals surface area contributed by atoms with Crippen molar-refractivity contribution in [2.45, 2.75) is 24.9 Å². The number of hydrogen-bond donors (Lipinski definition) is 2. The van der Waals surface area contributed by atoms with Crippen LogP contribution in [-0.2, 0) is 4.74 Å². The van der Waals surface area contributed by atoms with E-state index >= 15 is 0 Å².